The zero-order chi connectivity index (χ0) is 19.0. The zero-order valence-corrected chi connectivity index (χ0v) is 17.5. The summed E-state index contributed by atoms with van der Waals surface area (Å²) in [6.45, 7) is 7.17. The minimum absolute atomic E-state index is 0.0527. The van der Waals surface area contributed by atoms with Crippen molar-refractivity contribution in [3.63, 3.8) is 0 Å². The van der Waals surface area contributed by atoms with Crippen molar-refractivity contribution in [3.05, 3.63) is 0 Å². The van der Waals surface area contributed by atoms with Crippen LogP contribution < -0.4 is 0 Å². The number of hydrogen-bond donors (Lipinski definition) is 0. The van der Waals surface area contributed by atoms with Crippen molar-refractivity contribution in [1.29, 1.82) is 0 Å². The van der Waals surface area contributed by atoms with Crippen LogP contribution in [0.25, 0.3) is 0 Å². The van der Waals surface area contributed by atoms with Crippen molar-refractivity contribution in [2.45, 2.75) is 89.9 Å². The normalized spacial score (nSPS) is 55.9. The van der Waals surface area contributed by atoms with Crippen LogP contribution in [0.4, 0.5) is 0 Å². The lowest BCUT2D eigenvalue weighted by Gasteiger charge is -2.59. The van der Waals surface area contributed by atoms with Crippen LogP contribution in [0.2, 0.25) is 0 Å². The predicted molar refractivity (Wildman–Crippen MR) is 102 cm³/mol. The van der Waals surface area contributed by atoms with Gasteiger partial charge in [-0.3, -0.25) is 4.79 Å². The second-order valence-corrected chi connectivity index (χ2v) is 10.7. The maximum atomic E-state index is 12.3. The minimum Gasteiger partial charge on any atom is -0.365 e. The third kappa shape index (κ3) is 2.36. The lowest BCUT2D eigenvalue weighted by molar-refractivity contribution is -0.147. The van der Waals surface area contributed by atoms with E-state index in [1.807, 2.05) is 6.92 Å². The number of carbonyl (C=O) groups is 1. The Balaban J connectivity index is 1.40. The van der Waals surface area contributed by atoms with Crippen molar-refractivity contribution in [2.75, 3.05) is 13.9 Å². The van der Waals surface area contributed by atoms with Crippen molar-refractivity contribution in [2.24, 2.45) is 34.5 Å². The molecule has 0 aromatic carbocycles. The molecule has 0 amide bonds. The number of ketones is 1. The molecule has 0 aromatic rings. The Labute approximate surface area is 163 Å². The summed E-state index contributed by atoms with van der Waals surface area (Å²) in [5, 5.41) is 0. The molecular weight excluding hydrogens is 340 g/mol. The topological polar surface area (TPSA) is 48.1 Å². The summed E-state index contributed by atoms with van der Waals surface area (Å²) in [6.07, 6.45) is 10.1. The molecule has 4 aliphatic carbocycles. The Morgan fingerprint density at radius 2 is 1.93 bits per heavy atom. The highest BCUT2D eigenvalue weighted by atomic mass is 16.7. The number of rotatable bonds is 4. The fourth-order valence-corrected chi connectivity index (χ4v) is 8.61. The molecule has 0 radical (unpaired) electrons. The van der Waals surface area contributed by atoms with Gasteiger partial charge in [-0.2, -0.15) is 0 Å². The van der Waals surface area contributed by atoms with Crippen LogP contribution in [0.1, 0.15) is 72.1 Å². The summed E-state index contributed by atoms with van der Waals surface area (Å²) in [4.78, 5) is 12.3. The highest BCUT2D eigenvalue weighted by Crippen LogP contribution is 2.74. The van der Waals surface area contributed by atoms with Gasteiger partial charge in [0.15, 0.2) is 0 Å². The molecule has 27 heavy (non-hydrogen) atoms. The Morgan fingerprint density at radius 1 is 1.11 bits per heavy atom. The first-order valence-corrected chi connectivity index (χ1v) is 11.1. The van der Waals surface area contributed by atoms with E-state index in [2.05, 4.69) is 13.8 Å². The SMILES string of the molecule is COCOC1CC[C@]2(C)[C@H]3CC[C@]4(C)[C@@H](C(C)=O)CC[C@H]4[C@@H]3CC3OC32C1. The minimum atomic E-state index is 0.0527. The van der Waals surface area contributed by atoms with Crippen molar-refractivity contribution >= 4 is 5.78 Å². The van der Waals surface area contributed by atoms with Gasteiger partial charge in [-0.15, -0.1) is 0 Å². The number of fused-ring (bicyclic) bond motifs is 4. The Kier molecular flexibility index (Phi) is 4.14. The van der Waals surface area contributed by atoms with Crippen LogP contribution in [0.3, 0.4) is 0 Å². The molecule has 1 heterocycles. The van der Waals surface area contributed by atoms with Gasteiger partial charge in [0, 0.05) is 24.9 Å². The molecule has 4 nitrogen and oxygen atoms in total. The highest BCUT2D eigenvalue weighted by Gasteiger charge is 2.76. The van der Waals surface area contributed by atoms with Gasteiger partial charge in [0.2, 0.25) is 0 Å². The summed E-state index contributed by atoms with van der Waals surface area (Å²) in [7, 11) is 1.70. The molecule has 4 saturated carbocycles. The average molecular weight is 377 g/mol. The third-order valence-corrected chi connectivity index (χ3v) is 9.95. The van der Waals surface area contributed by atoms with Crippen LogP contribution in [0.5, 0.6) is 0 Å². The molecule has 1 spiro atoms. The van der Waals surface area contributed by atoms with E-state index in [-0.39, 0.29) is 22.5 Å². The number of Topliss-reactive ketones (excluding diaryl/α,β-unsaturated/α-hetero) is 1. The van der Waals surface area contributed by atoms with Crippen LogP contribution >= 0.6 is 0 Å². The molecule has 0 N–H and O–H groups in total. The molecule has 5 aliphatic rings. The van der Waals surface area contributed by atoms with E-state index in [0.29, 0.717) is 30.5 Å². The summed E-state index contributed by atoms with van der Waals surface area (Å²) < 4.78 is 17.6. The zero-order valence-electron chi connectivity index (χ0n) is 17.5. The van der Waals surface area contributed by atoms with E-state index in [4.69, 9.17) is 14.2 Å². The summed E-state index contributed by atoms with van der Waals surface area (Å²) in [5.74, 6) is 2.93. The van der Waals surface area contributed by atoms with Crippen LogP contribution in [0.15, 0.2) is 0 Å². The first-order valence-electron chi connectivity index (χ1n) is 11.1. The van der Waals surface area contributed by atoms with E-state index in [0.717, 1.165) is 31.1 Å². The Morgan fingerprint density at radius 3 is 2.67 bits per heavy atom. The largest absolute Gasteiger partial charge is 0.365 e. The molecule has 0 aromatic heterocycles. The monoisotopic (exact) mass is 376 g/mol. The summed E-state index contributed by atoms with van der Waals surface area (Å²) >= 11 is 0. The van der Waals surface area contributed by atoms with Crippen LogP contribution in [-0.2, 0) is 19.0 Å². The molecule has 5 rings (SSSR count). The van der Waals surface area contributed by atoms with Gasteiger partial charge in [0.05, 0.1) is 12.2 Å². The molecule has 4 heteroatoms. The molecule has 3 unspecified atom stereocenters. The van der Waals surface area contributed by atoms with Gasteiger partial charge in [-0.25, -0.2) is 0 Å². The lowest BCUT2D eigenvalue weighted by atomic mass is 9.44. The molecule has 1 aliphatic heterocycles. The molecule has 5 fully saturated rings. The fraction of sp³-hybridized carbons (Fsp3) is 0.957. The Bertz CT molecular complexity index is 634. The first-order chi connectivity index (χ1) is 12.9. The number of methoxy groups -OCH3 is 1. The maximum Gasteiger partial charge on any atom is 0.146 e. The van der Waals surface area contributed by atoms with E-state index in [1.165, 1.54) is 32.1 Å². The van der Waals surface area contributed by atoms with Gasteiger partial charge in [0.25, 0.3) is 0 Å². The molecule has 1 saturated heterocycles. The van der Waals surface area contributed by atoms with Crippen LogP contribution in [-0.4, -0.2) is 37.5 Å². The second kappa shape index (κ2) is 6.03. The van der Waals surface area contributed by atoms with Gasteiger partial charge in [-0.1, -0.05) is 13.8 Å². The number of carbonyl (C=O) groups excluding carboxylic acids is 1. The fourth-order valence-electron chi connectivity index (χ4n) is 8.61. The van der Waals surface area contributed by atoms with E-state index < -0.39 is 0 Å². The maximum absolute atomic E-state index is 12.3. The van der Waals surface area contributed by atoms with E-state index in [1.54, 1.807) is 7.11 Å². The van der Waals surface area contributed by atoms with Gasteiger partial charge < -0.3 is 14.2 Å². The van der Waals surface area contributed by atoms with Gasteiger partial charge in [-0.05, 0) is 75.0 Å². The Hall–Kier alpha value is -0.450. The molecule has 0 bridgehead atoms. The molecular formula is C23H36O4. The average Bonchev–Trinajstić information content (AvgIpc) is 3.20. The van der Waals surface area contributed by atoms with Crippen molar-refractivity contribution in [3.8, 4) is 0 Å². The first kappa shape index (κ1) is 18.6. The smallest absolute Gasteiger partial charge is 0.146 e. The second-order valence-electron chi connectivity index (χ2n) is 10.7. The molecule has 9 atom stereocenters. The van der Waals surface area contributed by atoms with Crippen molar-refractivity contribution < 1.29 is 19.0 Å². The highest BCUT2D eigenvalue weighted by molar-refractivity contribution is 5.79. The third-order valence-electron chi connectivity index (χ3n) is 9.95. The number of ether oxygens (including phenoxy) is 3. The number of epoxide rings is 1. The molecule has 152 valence electrons. The van der Waals surface area contributed by atoms with E-state index >= 15 is 0 Å². The predicted octanol–water partition coefficient (Wildman–Crippen LogP) is 4.35. The quantitative estimate of drug-likeness (QED) is 0.540. The van der Waals surface area contributed by atoms with Gasteiger partial charge in [0.1, 0.15) is 18.2 Å². The van der Waals surface area contributed by atoms with Crippen LogP contribution in [0, 0.1) is 34.5 Å². The standard InChI is InChI=1S/C23H36O4/c1-14(24)17-5-6-18-16-11-20-23(27-20)12-15(26-13-25-4)7-10-22(23,3)19(16)8-9-21(17,18)2/h15-20H,5-13H2,1-4H3/t15?,16-,17+,18-,19-,20?,21+,22+,23?/m0/s1. The van der Waals surface area contributed by atoms with Gasteiger partial charge >= 0.3 is 0 Å². The summed E-state index contributed by atoms with van der Waals surface area (Å²) in [5.41, 5.74) is 0.567. The van der Waals surface area contributed by atoms with Crippen molar-refractivity contribution in [1.82, 2.24) is 0 Å². The summed E-state index contributed by atoms with van der Waals surface area (Å²) in [6, 6.07) is 0. The lowest BCUT2D eigenvalue weighted by Crippen LogP contribution is -2.58. The van der Waals surface area contributed by atoms with E-state index in [9.17, 15) is 4.79 Å². The number of hydrogen-bond acceptors (Lipinski definition) is 4.